The average Bonchev–Trinajstić information content (AvgIpc) is 4.13. The van der Waals surface area contributed by atoms with Crippen molar-refractivity contribution in [3.8, 4) is 34.2 Å². The lowest BCUT2D eigenvalue weighted by atomic mass is 9.58. The van der Waals surface area contributed by atoms with Crippen molar-refractivity contribution in [2.24, 2.45) is 41.4 Å². The van der Waals surface area contributed by atoms with Crippen LogP contribution in [0.4, 0.5) is 16.1 Å². The number of aliphatic carboxylic acids is 1. The maximum absolute atomic E-state index is 15.9. The number of hydrogen-bond acceptors (Lipinski definition) is 13. The van der Waals surface area contributed by atoms with Crippen molar-refractivity contribution in [2.45, 2.75) is 77.2 Å². The van der Waals surface area contributed by atoms with Crippen LogP contribution in [-0.2, 0) is 22.4 Å². The van der Waals surface area contributed by atoms with E-state index >= 15 is 4.39 Å². The molecule has 16 nitrogen and oxygen atoms in total. The maximum atomic E-state index is 15.9. The van der Waals surface area contributed by atoms with E-state index in [-0.39, 0.29) is 34.3 Å². The summed E-state index contributed by atoms with van der Waals surface area (Å²) in [5.41, 5.74) is 5.94. The summed E-state index contributed by atoms with van der Waals surface area (Å²) in [6, 6.07) is 10.3. The van der Waals surface area contributed by atoms with E-state index in [9.17, 15) is 14.7 Å². The fraction of sp³-hybridized carbons (Fsp3) is 0.380. The summed E-state index contributed by atoms with van der Waals surface area (Å²) in [5, 5.41) is 16.3. The molecular weight excluding hydrogens is 923 g/mol. The first-order valence-electron chi connectivity index (χ1n) is 23.5. The molecule has 1 amide bonds. The lowest BCUT2D eigenvalue weighted by Gasteiger charge is -2.47. The number of halogens is 3. The minimum Gasteiger partial charge on any atom is -0.481 e. The van der Waals surface area contributed by atoms with Crippen LogP contribution in [0.15, 0.2) is 71.7 Å². The number of allylic oxidation sites excluding steroid dienone is 1. The van der Waals surface area contributed by atoms with Gasteiger partial charge in [0.25, 0.3) is 0 Å². The number of nitrogens with zero attached hydrogens (tertiary/aromatic N) is 9. The second kappa shape index (κ2) is 18.6. The fourth-order valence-electron chi connectivity index (χ4n) is 11.7. The van der Waals surface area contributed by atoms with E-state index in [2.05, 4.69) is 57.4 Å². The van der Waals surface area contributed by atoms with Crippen molar-refractivity contribution in [1.29, 1.82) is 0 Å². The zero-order valence-electron chi connectivity index (χ0n) is 37.4. The quantitative estimate of drug-likeness (QED) is 0.0886. The lowest BCUT2D eigenvalue weighted by molar-refractivity contribution is -0.148. The molecule has 14 rings (SSSR count). The van der Waals surface area contributed by atoms with Gasteiger partial charge in [-0.25, -0.2) is 39.3 Å². The molecule has 6 fully saturated rings. The Morgan fingerprint density at radius 2 is 1.62 bits per heavy atom. The molecule has 0 aliphatic heterocycles. The van der Waals surface area contributed by atoms with Crippen LogP contribution in [0.5, 0.6) is 0 Å². The van der Waals surface area contributed by atoms with Gasteiger partial charge in [-0.2, -0.15) is 0 Å². The Morgan fingerprint density at radius 1 is 0.855 bits per heavy atom. The highest BCUT2D eigenvalue weighted by molar-refractivity contribution is 6.29. The molecule has 0 radical (unpaired) electrons. The molecule has 19 heteroatoms. The first-order valence-corrected chi connectivity index (χ1v) is 24.2. The van der Waals surface area contributed by atoms with E-state index in [1.165, 1.54) is 38.1 Å². The molecule has 4 bridgehead atoms. The van der Waals surface area contributed by atoms with Crippen molar-refractivity contribution in [1.82, 2.24) is 49.8 Å². The number of amides is 1. The van der Waals surface area contributed by atoms with Crippen molar-refractivity contribution in [3.63, 3.8) is 0 Å². The Bertz CT molecular complexity index is 3110. The zero-order chi connectivity index (χ0) is 47.3. The Kier molecular flexibility index (Phi) is 12.1. The molecule has 0 aromatic carbocycles. The first-order chi connectivity index (χ1) is 33.6. The topological polar surface area (TPSA) is 223 Å². The Balaban J connectivity index is 0.000000151. The molecule has 0 spiro atoms. The highest BCUT2D eigenvalue weighted by atomic mass is 35.5. The molecule has 4 atom stereocenters. The summed E-state index contributed by atoms with van der Waals surface area (Å²) in [4.78, 5) is 66.8. The third-order valence-corrected chi connectivity index (χ3v) is 15.5. The maximum Gasteiger partial charge on any atom is 0.308 e. The number of furan rings is 1. The zero-order valence-corrected chi connectivity index (χ0v) is 39.0. The van der Waals surface area contributed by atoms with E-state index in [0.29, 0.717) is 81.1 Å². The van der Waals surface area contributed by atoms with E-state index in [4.69, 9.17) is 37.6 Å². The van der Waals surface area contributed by atoms with Crippen LogP contribution in [0, 0.1) is 47.2 Å². The predicted octanol–water partition coefficient (Wildman–Crippen LogP) is 9.92. The van der Waals surface area contributed by atoms with Crippen molar-refractivity contribution in [2.75, 3.05) is 10.6 Å². The smallest absolute Gasteiger partial charge is 0.308 e. The molecule has 352 valence electrons. The number of fused-ring (bicyclic) bond motifs is 8. The van der Waals surface area contributed by atoms with Gasteiger partial charge in [0.15, 0.2) is 40.6 Å². The van der Waals surface area contributed by atoms with Crippen LogP contribution in [0.25, 0.3) is 51.0 Å². The lowest BCUT2D eigenvalue weighted by Crippen LogP contribution is -2.51. The van der Waals surface area contributed by atoms with E-state index in [0.717, 1.165) is 60.9 Å². The largest absolute Gasteiger partial charge is 0.481 e. The van der Waals surface area contributed by atoms with Gasteiger partial charge < -0.3 is 19.8 Å². The van der Waals surface area contributed by atoms with Gasteiger partial charge in [-0.15, -0.1) is 0 Å². The number of carboxylic acid groups (broad SMARTS) is 1. The second-order valence-electron chi connectivity index (χ2n) is 18.8. The molecule has 7 aliphatic rings. The number of nitrogens with one attached hydrogen (secondary N) is 3. The van der Waals surface area contributed by atoms with Crippen LogP contribution in [0.1, 0.15) is 81.2 Å². The van der Waals surface area contributed by atoms with Crippen LogP contribution in [0.3, 0.4) is 0 Å². The molecule has 7 aromatic rings. The summed E-state index contributed by atoms with van der Waals surface area (Å²) in [5.74, 6) is 2.74. The summed E-state index contributed by atoms with van der Waals surface area (Å²) in [7, 11) is 0. The first kappa shape index (κ1) is 44.8. The van der Waals surface area contributed by atoms with Gasteiger partial charge in [-0.3, -0.25) is 24.9 Å². The van der Waals surface area contributed by atoms with Crippen molar-refractivity contribution < 1.29 is 23.5 Å². The van der Waals surface area contributed by atoms with Crippen molar-refractivity contribution >= 4 is 64.0 Å². The number of H-pyrrole nitrogens is 1. The van der Waals surface area contributed by atoms with Crippen LogP contribution in [-0.4, -0.2) is 73.4 Å². The number of aromatic amines is 1. The molecular formula is C50H47Cl2FN12O4. The number of carbonyl (C=O) groups is 2. The summed E-state index contributed by atoms with van der Waals surface area (Å²) >= 11 is 12.2. The number of hydrogen-bond donors (Lipinski definition) is 4. The van der Waals surface area contributed by atoms with Gasteiger partial charge in [-0.1, -0.05) is 42.3 Å². The molecule has 7 aromatic heterocycles. The molecule has 0 unspecified atom stereocenters. The number of aromatic nitrogens is 10. The van der Waals surface area contributed by atoms with Crippen LogP contribution >= 0.6 is 23.2 Å². The summed E-state index contributed by atoms with van der Waals surface area (Å²) in [6.07, 6.45) is 19.3. The van der Waals surface area contributed by atoms with Gasteiger partial charge >= 0.3 is 5.97 Å². The monoisotopic (exact) mass is 968 g/mol. The predicted molar refractivity (Wildman–Crippen MR) is 256 cm³/mol. The molecule has 6 saturated carbocycles. The second-order valence-corrected chi connectivity index (χ2v) is 19.6. The Morgan fingerprint density at radius 3 is 2.39 bits per heavy atom. The van der Waals surface area contributed by atoms with Gasteiger partial charge in [0.2, 0.25) is 6.41 Å². The van der Waals surface area contributed by atoms with Crippen LogP contribution < -0.4 is 10.6 Å². The average molecular weight is 970 g/mol. The standard InChI is InChI=1S/C25H22ClFN6O2.C25H25ClN6O2/c26-17-11-29-16-9-8-14(21(16)30-17)23-32-22(15-3-1-2-10-28-15)19(27)24(33-23)31-20-13-6-4-12(5-7-13)18(20)25(34)35;1-13-14-2-4-15(5-3-14)17(13)8-16-9-19(20-6-7-22(34-20)29-12-33)31-24(30-16)18-10-27-25-23(18)32-21(26)11-28-25/h1-3,8,10-13,18,20H,4-7,9H2,(H,34,35)(H,31,32,33);6-7,9-15,17H,2-5,8H2,1H3,(H,27,28)(H,29,33)/t12?,13?,18-,20-;13-,14?,15?,17+/m00/s1. The van der Waals surface area contributed by atoms with E-state index in [1.807, 2.05) is 18.3 Å². The number of pyridine rings is 1. The minimum absolute atomic E-state index is 0.0243. The van der Waals surface area contributed by atoms with Crippen LogP contribution in [0.2, 0.25) is 10.3 Å². The highest BCUT2D eigenvalue weighted by Gasteiger charge is 2.48. The normalized spacial score (nSPS) is 24.3. The van der Waals surface area contributed by atoms with Gasteiger partial charge in [-0.05, 0) is 118 Å². The number of carbonyl (C=O) groups excluding carboxylic acids is 1. The van der Waals surface area contributed by atoms with Gasteiger partial charge in [0.1, 0.15) is 27.2 Å². The molecule has 69 heavy (non-hydrogen) atoms. The van der Waals surface area contributed by atoms with Gasteiger partial charge in [0, 0.05) is 42.2 Å². The number of rotatable bonds is 11. The Labute approximate surface area is 405 Å². The fourth-order valence-corrected chi connectivity index (χ4v) is 12.0. The molecule has 4 N–H and O–H groups in total. The third-order valence-electron chi connectivity index (χ3n) is 15.1. The summed E-state index contributed by atoms with van der Waals surface area (Å²) < 4.78 is 21.7. The van der Waals surface area contributed by atoms with Gasteiger partial charge in [0.05, 0.1) is 41.0 Å². The molecule has 0 saturated heterocycles. The van der Waals surface area contributed by atoms with E-state index < -0.39 is 23.7 Å². The number of anilines is 2. The minimum atomic E-state index is -0.853. The summed E-state index contributed by atoms with van der Waals surface area (Å²) in [6.45, 7) is 2.41. The Hall–Kier alpha value is -6.72. The SMILES string of the molecule is C[C@H]1C2CCC(CC2)[C@@H]1Cc1cc(-c2ccc(NC=O)o2)nc(-c2c[nH]c3ncc(Cl)nc23)n1.O=C(O)[C@H]1C2CCC(CC2)[C@@H]1Nc1nc(C2=CCc3ncc(Cl)nc32)nc(-c2ccccn2)c1F. The highest BCUT2D eigenvalue weighted by Crippen LogP contribution is 2.50. The number of carboxylic acids is 1. The molecule has 7 aliphatic carbocycles. The third kappa shape index (κ3) is 8.71. The van der Waals surface area contributed by atoms with E-state index in [1.54, 1.807) is 36.5 Å². The molecule has 7 heterocycles. The van der Waals surface area contributed by atoms with Crippen molar-refractivity contribution in [3.05, 3.63) is 106 Å².